The second-order valence-electron chi connectivity index (χ2n) is 5.80. The van der Waals surface area contributed by atoms with Crippen molar-refractivity contribution in [2.75, 3.05) is 10.6 Å². The van der Waals surface area contributed by atoms with Crippen LogP contribution in [0.2, 0.25) is 0 Å². The van der Waals surface area contributed by atoms with E-state index in [9.17, 15) is 14.4 Å². The van der Waals surface area contributed by atoms with E-state index in [0.29, 0.717) is 15.2 Å². The Morgan fingerprint density at radius 1 is 1.23 bits per heavy atom. The van der Waals surface area contributed by atoms with Gasteiger partial charge in [-0.15, -0.1) is 0 Å². The largest absolute Gasteiger partial charge is 0.476 e. The number of hydrogen-bond acceptors (Lipinski definition) is 6. The van der Waals surface area contributed by atoms with E-state index in [1.807, 2.05) is 0 Å². The van der Waals surface area contributed by atoms with Crippen molar-refractivity contribution in [1.82, 2.24) is 9.97 Å². The third kappa shape index (κ3) is 4.25. The molecule has 1 aliphatic carbocycles. The van der Waals surface area contributed by atoms with Gasteiger partial charge in [-0.2, -0.15) is 0 Å². The van der Waals surface area contributed by atoms with Gasteiger partial charge in [0.1, 0.15) is 9.48 Å². The highest BCUT2D eigenvalue weighted by Gasteiger charge is 2.25. The van der Waals surface area contributed by atoms with Crippen molar-refractivity contribution >= 4 is 55.9 Å². The third-order valence-electron chi connectivity index (χ3n) is 4.01. The smallest absolute Gasteiger partial charge is 0.356 e. The van der Waals surface area contributed by atoms with Crippen molar-refractivity contribution in [3.8, 4) is 0 Å². The third-order valence-corrected chi connectivity index (χ3v) is 5.63. The molecular weight excluding hydrogens is 424 g/mol. The lowest BCUT2D eigenvalue weighted by atomic mass is 9.99. The van der Waals surface area contributed by atoms with E-state index >= 15 is 0 Å². The van der Waals surface area contributed by atoms with Gasteiger partial charge in [0.15, 0.2) is 16.6 Å². The van der Waals surface area contributed by atoms with Crippen molar-refractivity contribution in [2.24, 2.45) is 5.92 Å². The SMILES string of the molecule is O=C(Nc1ccnc(C(=O)C2CCCC2)c1)Nc1nc(C(=O)O)c(Br)s1. The molecule has 0 aliphatic heterocycles. The Kier molecular flexibility index (Phi) is 5.62. The highest BCUT2D eigenvalue weighted by atomic mass is 79.9. The van der Waals surface area contributed by atoms with Crippen molar-refractivity contribution in [1.29, 1.82) is 0 Å². The molecule has 0 aromatic carbocycles. The highest BCUT2D eigenvalue weighted by Crippen LogP contribution is 2.29. The molecule has 8 nitrogen and oxygen atoms in total. The monoisotopic (exact) mass is 438 g/mol. The van der Waals surface area contributed by atoms with Crippen molar-refractivity contribution in [3.63, 3.8) is 0 Å². The summed E-state index contributed by atoms with van der Waals surface area (Å²) in [6, 6.07) is 2.53. The number of hydrogen-bond donors (Lipinski definition) is 3. The number of pyridine rings is 1. The number of nitrogens with zero attached hydrogens (tertiary/aromatic N) is 2. The number of Topliss-reactive ketones (excluding diaryl/α,β-unsaturated/α-hetero) is 1. The van der Waals surface area contributed by atoms with Crippen molar-refractivity contribution < 1.29 is 19.5 Å². The molecule has 1 aliphatic rings. The molecule has 0 atom stereocenters. The molecule has 10 heteroatoms. The van der Waals surface area contributed by atoms with Gasteiger partial charge in [-0.25, -0.2) is 14.6 Å². The minimum absolute atomic E-state index is 0.00140. The average molecular weight is 439 g/mol. The van der Waals surface area contributed by atoms with Gasteiger partial charge in [0.05, 0.1) is 0 Å². The van der Waals surface area contributed by atoms with Crippen LogP contribution in [0.25, 0.3) is 0 Å². The Balaban J connectivity index is 1.66. The second-order valence-corrected chi connectivity index (χ2v) is 8.12. The molecule has 26 heavy (non-hydrogen) atoms. The average Bonchev–Trinajstić information content (AvgIpc) is 3.24. The summed E-state index contributed by atoms with van der Waals surface area (Å²) >= 11 is 4.08. The molecule has 0 spiro atoms. The number of carboxylic acids is 1. The van der Waals surface area contributed by atoms with Gasteiger partial charge in [0.25, 0.3) is 0 Å². The summed E-state index contributed by atoms with van der Waals surface area (Å²) in [6.07, 6.45) is 5.34. The first-order valence-corrected chi connectivity index (χ1v) is 9.53. The number of halogens is 1. The van der Waals surface area contributed by atoms with E-state index in [2.05, 4.69) is 36.5 Å². The van der Waals surface area contributed by atoms with Crippen molar-refractivity contribution in [3.05, 3.63) is 33.5 Å². The molecule has 2 amide bonds. The van der Waals surface area contributed by atoms with Crippen LogP contribution in [0.4, 0.5) is 15.6 Å². The first kappa shape index (κ1) is 18.5. The predicted octanol–water partition coefficient (Wildman–Crippen LogP) is 4.02. The van der Waals surface area contributed by atoms with Gasteiger partial charge in [-0.05, 0) is 40.9 Å². The number of aromatic carboxylic acids is 1. The number of anilines is 2. The van der Waals surface area contributed by atoms with E-state index in [4.69, 9.17) is 5.11 Å². The van der Waals surface area contributed by atoms with Crippen LogP contribution in [0.5, 0.6) is 0 Å². The van der Waals surface area contributed by atoms with Gasteiger partial charge in [-0.3, -0.25) is 15.1 Å². The highest BCUT2D eigenvalue weighted by molar-refractivity contribution is 9.11. The number of carboxylic acid groups (broad SMARTS) is 1. The summed E-state index contributed by atoms with van der Waals surface area (Å²) in [7, 11) is 0. The molecule has 0 saturated heterocycles. The minimum Gasteiger partial charge on any atom is -0.476 e. The van der Waals surface area contributed by atoms with Crippen LogP contribution in [-0.4, -0.2) is 32.9 Å². The summed E-state index contributed by atoms with van der Waals surface area (Å²) in [5.74, 6) is -1.18. The molecule has 3 N–H and O–H groups in total. The van der Waals surface area contributed by atoms with E-state index in [1.165, 1.54) is 6.20 Å². The lowest BCUT2D eigenvalue weighted by Gasteiger charge is -2.09. The summed E-state index contributed by atoms with van der Waals surface area (Å²) in [4.78, 5) is 43.4. The van der Waals surface area contributed by atoms with Crippen LogP contribution in [0.3, 0.4) is 0 Å². The minimum atomic E-state index is -1.19. The molecule has 136 valence electrons. The van der Waals surface area contributed by atoms with Crippen LogP contribution in [-0.2, 0) is 0 Å². The summed E-state index contributed by atoms with van der Waals surface area (Å²) < 4.78 is 0.314. The number of aromatic nitrogens is 2. The van der Waals surface area contributed by atoms with E-state index in [0.717, 1.165) is 37.0 Å². The molecule has 2 aromatic heterocycles. The number of rotatable bonds is 5. The molecular formula is C16H15BrN4O4S. The Morgan fingerprint density at radius 3 is 2.62 bits per heavy atom. The predicted molar refractivity (Wildman–Crippen MR) is 99.9 cm³/mol. The standard InChI is InChI=1S/C16H15BrN4O4S/c17-13-11(14(23)24)20-16(26-13)21-15(25)19-9-5-6-18-10(7-9)12(22)8-3-1-2-4-8/h5-8H,1-4H2,(H,23,24)(H2,18,19,20,21,25). The number of carbonyl (C=O) groups excluding carboxylic acids is 2. The molecule has 2 heterocycles. The van der Waals surface area contributed by atoms with Crippen LogP contribution in [0.1, 0.15) is 46.7 Å². The van der Waals surface area contributed by atoms with Crippen LogP contribution >= 0.6 is 27.3 Å². The number of thiazole rings is 1. The summed E-state index contributed by atoms with van der Waals surface area (Å²) in [5, 5.41) is 14.2. The lowest BCUT2D eigenvalue weighted by Crippen LogP contribution is -2.20. The second kappa shape index (κ2) is 7.92. The number of ketones is 1. The number of amides is 2. The fourth-order valence-corrected chi connectivity index (χ4v) is 4.18. The number of carbonyl (C=O) groups is 3. The zero-order valence-electron chi connectivity index (χ0n) is 13.5. The molecule has 3 rings (SSSR count). The Morgan fingerprint density at radius 2 is 1.96 bits per heavy atom. The molecule has 0 unspecified atom stereocenters. The Hall–Kier alpha value is -2.33. The first-order valence-electron chi connectivity index (χ1n) is 7.92. The first-order chi connectivity index (χ1) is 12.4. The fraction of sp³-hybridized carbons (Fsp3) is 0.312. The van der Waals surface area contributed by atoms with Gasteiger partial charge in [0, 0.05) is 17.8 Å². The molecule has 1 fully saturated rings. The topological polar surface area (TPSA) is 121 Å². The normalized spacial score (nSPS) is 14.2. The van der Waals surface area contributed by atoms with Gasteiger partial charge >= 0.3 is 12.0 Å². The maximum absolute atomic E-state index is 12.4. The maximum atomic E-state index is 12.4. The van der Waals surface area contributed by atoms with Crippen LogP contribution in [0, 0.1) is 5.92 Å². The summed E-state index contributed by atoms with van der Waals surface area (Å²) in [6.45, 7) is 0. The Labute approximate surface area is 161 Å². The lowest BCUT2D eigenvalue weighted by molar-refractivity contribution is 0.0690. The maximum Gasteiger partial charge on any atom is 0.356 e. The van der Waals surface area contributed by atoms with Gasteiger partial charge in [-0.1, -0.05) is 24.2 Å². The van der Waals surface area contributed by atoms with Gasteiger partial charge < -0.3 is 10.4 Å². The van der Waals surface area contributed by atoms with Gasteiger partial charge in [0.2, 0.25) is 0 Å². The van der Waals surface area contributed by atoms with E-state index in [-0.39, 0.29) is 22.5 Å². The Bertz CT molecular complexity index is 864. The van der Waals surface area contributed by atoms with Crippen LogP contribution < -0.4 is 10.6 Å². The zero-order chi connectivity index (χ0) is 18.7. The quantitative estimate of drug-likeness (QED) is 0.606. The molecule has 2 aromatic rings. The fourth-order valence-electron chi connectivity index (χ4n) is 2.79. The number of nitrogens with one attached hydrogen (secondary N) is 2. The summed E-state index contributed by atoms with van der Waals surface area (Å²) in [5.41, 5.74) is 0.589. The molecule has 0 bridgehead atoms. The van der Waals surface area contributed by atoms with Crippen LogP contribution in [0.15, 0.2) is 22.1 Å². The van der Waals surface area contributed by atoms with E-state index in [1.54, 1.807) is 12.1 Å². The molecule has 0 radical (unpaired) electrons. The van der Waals surface area contributed by atoms with E-state index < -0.39 is 12.0 Å². The zero-order valence-corrected chi connectivity index (χ0v) is 15.9. The van der Waals surface area contributed by atoms with Crippen molar-refractivity contribution in [2.45, 2.75) is 25.7 Å². The number of urea groups is 1. The molecule has 1 saturated carbocycles.